The van der Waals surface area contributed by atoms with Crippen molar-refractivity contribution in [2.24, 2.45) is 0 Å². The molecule has 4 rings (SSSR count). The number of nitrogens with zero attached hydrogens (tertiary/aromatic N) is 2. The van der Waals surface area contributed by atoms with E-state index in [0.29, 0.717) is 5.02 Å². The molecule has 0 bridgehead atoms. The maximum Gasteiger partial charge on any atom is 0.152 e. The van der Waals surface area contributed by atoms with E-state index >= 15 is 0 Å². The normalized spacial score (nSPS) is 10.8. The first-order valence-corrected chi connectivity index (χ1v) is 8.99. The highest BCUT2D eigenvalue weighted by Crippen LogP contribution is 2.39. The van der Waals surface area contributed by atoms with Gasteiger partial charge in [-0.15, -0.1) is 0 Å². The third kappa shape index (κ3) is 3.01. The fourth-order valence-corrected chi connectivity index (χ4v) is 3.72. The summed E-state index contributed by atoms with van der Waals surface area (Å²) in [6, 6.07) is 28.1. The largest absolute Gasteiger partial charge is 0.257 e. The van der Waals surface area contributed by atoms with Gasteiger partial charge in [-0.05, 0) is 12.1 Å². The maximum absolute atomic E-state index is 6.41. The van der Waals surface area contributed by atoms with Crippen molar-refractivity contribution in [2.75, 3.05) is 0 Å². The lowest BCUT2D eigenvalue weighted by molar-refractivity contribution is 1.26. The van der Waals surface area contributed by atoms with Crippen LogP contribution in [0.15, 0.2) is 84.9 Å². The van der Waals surface area contributed by atoms with Gasteiger partial charge < -0.3 is 0 Å². The second-order valence-corrected chi connectivity index (χ2v) is 6.74. The van der Waals surface area contributed by atoms with Crippen LogP contribution >= 0.6 is 27.7 Å². The van der Waals surface area contributed by atoms with Crippen molar-refractivity contribution in [3.8, 4) is 33.9 Å². The summed E-state index contributed by atoms with van der Waals surface area (Å²) < 4.78 is 1.94. The molecule has 0 unspecified atom stereocenters. The van der Waals surface area contributed by atoms with Gasteiger partial charge in [0, 0.05) is 16.7 Å². The predicted octanol–water partition coefficient (Wildman–Crippen LogP) is 6.70. The lowest BCUT2D eigenvalue weighted by atomic mass is 10.1. The molecule has 0 saturated heterocycles. The van der Waals surface area contributed by atoms with Gasteiger partial charge in [0.05, 0.1) is 32.6 Å². The van der Waals surface area contributed by atoms with E-state index in [-0.39, 0.29) is 0 Å². The molecule has 4 heteroatoms. The zero-order valence-corrected chi connectivity index (χ0v) is 15.6. The molecule has 25 heavy (non-hydrogen) atoms. The third-order valence-electron chi connectivity index (χ3n) is 4.03. The number of aromatic nitrogens is 2. The van der Waals surface area contributed by atoms with E-state index in [9.17, 15) is 0 Å². The zero-order valence-electron chi connectivity index (χ0n) is 13.2. The highest BCUT2D eigenvalue weighted by atomic mass is 79.9. The van der Waals surface area contributed by atoms with Gasteiger partial charge in [-0.2, -0.15) is 0 Å². The van der Waals surface area contributed by atoms with Crippen molar-refractivity contribution in [3.63, 3.8) is 0 Å². The number of halogens is 2. The number of hydrogen-bond acceptors (Lipinski definition) is 1. The van der Waals surface area contributed by atoms with E-state index in [4.69, 9.17) is 16.6 Å². The Bertz CT molecular complexity index is 1010. The summed E-state index contributed by atoms with van der Waals surface area (Å²) in [5.74, 6) is 0.781. The van der Waals surface area contributed by atoms with Gasteiger partial charge in [0.1, 0.15) is 0 Å². The SMILES string of the molecule is Clc1ccccc1-c1nc(-c2ccccc2)c(-c2ccccc2)n1Br. The highest BCUT2D eigenvalue weighted by molar-refractivity contribution is 9.08. The van der Waals surface area contributed by atoms with Crippen LogP contribution in [-0.4, -0.2) is 8.58 Å². The molecule has 1 aromatic heterocycles. The molecule has 0 spiro atoms. The van der Waals surface area contributed by atoms with Gasteiger partial charge in [0.2, 0.25) is 0 Å². The summed E-state index contributed by atoms with van der Waals surface area (Å²) in [5.41, 5.74) is 4.96. The minimum absolute atomic E-state index is 0.674. The molecule has 4 aromatic rings. The van der Waals surface area contributed by atoms with Crippen LogP contribution in [-0.2, 0) is 0 Å². The number of rotatable bonds is 3. The van der Waals surface area contributed by atoms with Crippen molar-refractivity contribution in [1.82, 2.24) is 8.58 Å². The third-order valence-corrected chi connectivity index (χ3v) is 5.05. The average molecular weight is 410 g/mol. The molecule has 0 aliphatic rings. The summed E-state index contributed by atoms with van der Waals surface area (Å²) in [6.07, 6.45) is 0. The van der Waals surface area contributed by atoms with E-state index in [0.717, 1.165) is 33.9 Å². The Labute approximate surface area is 160 Å². The van der Waals surface area contributed by atoms with Crippen LogP contribution in [0.4, 0.5) is 0 Å². The summed E-state index contributed by atoms with van der Waals surface area (Å²) in [6.45, 7) is 0. The van der Waals surface area contributed by atoms with Gasteiger partial charge in [0.15, 0.2) is 5.82 Å². The van der Waals surface area contributed by atoms with E-state index in [1.807, 2.05) is 64.3 Å². The van der Waals surface area contributed by atoms with Gasteiger partial charge in [-0.1, -0.05) is 84.4 Å². The molecule has 0 saturated carbocycles. The highest BCUT2D eigenvalue weighted by Gasteiger charge is 2.20. The molecule has 122 valence electrons. The second kappa shape index (κ2) is 6.87. The lowest BCUT2D eigenvalue weighted by Crippen LogP contribution is -1.90. The van der Waals surface area contributed by atoms with E-state index in [2.05, 4.69) is 40.4 Å². The molecule has 0 N–H and O–H groups in total. The summed E-state index contributed by atoms with van der Waals surface area (Å²) in [4.78, 5) is 4.92. The minimum Gasteiger partial charge on any atom is -0.257 e. The van der Waals surface area contributed by atoms with Gasteiger partial charge in [-0.25, -0.2) is 4.98 Å². The summed E-state index contributed by atoms with van der Waals surface area (Å²) in [5, 5.41) is 0.674. The van der Waals surface area contributed by atoms with Crippen molar-refractivity contribution in [2.45, 2.75) is 0 Å². The molecule has 3 aromatic carbocycles. The van der Waals surface area contributed by atoms with E-state index < -0.39 is 0 Å². The average Bonchev–Trinajstić information content (AvgIpc) is 3.01. The molecular weight excluding hydrogens is 396 g/mol. The number of hydrogen-bond donors (Lipinski definition) is 0. The molecule has 0 aliphatic carbocycles. The first-order chi connectivity index (χ1) is 12.3. The van der Waals surface area contributed by atoms with Crippen molar-refractivity contribution < 1.29 is 0 Å². The molecular formula is C21H14BrClN2. The molecule has 0 aliphatic heterocycles. The molecule has 1 heterocycles. The van der Waals surface area contributed by atoms with Crippen LogP contribution < -0.4 is 0 Å². The summed E-state index contributed by atoms with van der Waals surface area (Å²) in [7, 11) is 0. The Morgan fingerprint density at radius 2 is 1.28 bits per heavy atom. The lowest BCUT2D eigenvalue weighted by Gasteiger charge is -2.07. The smallest absolute Gasteiger partial charge is 0.152 e. The van der Waals surface area contributed by atoms with Crippen LogP contribution in [0.2, 0.25) is 5.02 Å². The quantitative estimate of drug-likeness (QED) is 0.368. The predicted molar refractivity (Wildman–Crippen MR) is 108 cm³/mol. The van der Waals surface area contributed by atoms with Crippen molar-refractivity contribution in [3.05, 3.63) is 90.0 Å². The first kappa shape index (κ1) is 16.1. The number of imidazole rings is 1. The molecule has 0 atom stereocenters. The van der Waals surface area contributed by atoms with Crippen LogP contribution in [0.25, 0.3) is 33.9 Å². The van der Waals surface area contributed by atoms with Crippen LogP contribution in [0.3, 0.4) is 0 Å². The summed E-state index contributed by atoms with van der Waals surface area (Å²) >= 11 is 10.1. The van der Waals surface area contributed by atoms with Crippen LogP contribution in [0.1, 0.15) is 0 Å². The van der Waals surface area contributed by atoms with E-state index in [1.54, 1.807) is 0 Å². The van der Waals surface area contributed by atoms with Crippen LogP contribution in [0.5, 0.6) is 0 Å². The topological polar surface area (TPSA) is 17.8 Å². The standard InChI is InChI=1S/C21H14BrClN2/c22-25-20(16-11-5-2-6-12-16)19(15-9-3-1-4-10-15)24-21(25)17-13-7-8-14-18(17)23/h1-14H. The second-order valence-electron chi connectivity index (χ2n) is 5.63. The van der Waals surface area contributed by atoms with Gasteiger partial charge in [-0.3, -0.25) is 3.59 Å². The first-order valence-electron chi connectivity index (χ1n) is 7.90. The Hall–Kier alpha value is -2.36. The van der Waals surface area contributed by atoms with Gasteiger partial charge >= 0.3 is 0 Å². The fourth-order valence-electron chi connectivity index (χ4n) is 2.85. The van der Waals surface area contributed by atoms with Crippen LogP contribution in [0, 0.1) is 0 Å². The zero-order chi connectivity index (χ0) is 17.2. The molecule has 0 amide bonds. The Balaban J connectivity index is 2.01. The van der Waals surface area contributed by atoms with E-state index in [1.165, 1.54) is 0 Å². The van der Waals surface area contributed by atoms with Gasteiger partial charge in [0.25, 0.3) is 0 Å². The molecule has 0 fully saturated rings. The maximum atomic E-state index is 6.41. The Morgan fingerprint density at radius 1 is 0.720 bits per heavy atom. The Morgan fingerprint density at radius 3 is 1.92 bits per heavy atom. The monoisotopic (exact) mass is 408 g/mol. The number of benzene rings is 3. The van der Waals surface area contributed by atoms with Crippen molar-refractivity contribution >= 4 is 27.7 Å². The molecule has 2 nitrogen and oxygen atoms in total. The minimum atomic E-state index is 0.674. The Kier molecular flexibility index (Phi) is 4.43. The fraction of sp³-hybridized carbons (Fsp3) is 0. The molecule has 0 radical (unpaired) electrons. The van der Waals surface area contributed by atoms with Crippen molar-refractivity contribution in [1.29, 1.82) is 0 Å².